The highest BCUT2D eigenvalue weighted by Gasteiger charge is 2.08. The number of nitrogens with one attached hydrogen (secondary N) is 1. The molecule has 72 valence electrons. The molecule has 0 aliphatic heterocycles. The van der Waals surface area contributed by atoms with Gasteiger partial charge in [-0.2, -0.15) is 5.10 Å². The Morgan fingerprint density at radius 2 is 2.08 bits per heavy atom. The van der Waals surface area contributed by atoms with E-state index in [1.165, 1.54) is 12.8 Å². The van der Waals surface area contributed by atoms with Crippen molar-refractivity contribution in [3.8, 4) is 0 Å². The van der Waals surface area contributed by atoms with Crippen LogP contribution in [0.2, 0.25) is 0 Å². The number of carbonyl (C=O) groups is 1. The smallest absolute Gasteiger partial charge is 0.266 e. The summed E-state index contributed by atoms with van der Waals surface area (Å²) in [5.74, 6) is -0.0955. The molecule has 3 heteroatoms. The predicted molar refractivity (Wildman–Crippen MR) is 53.5 cm³/mol. The van der Waals surface area contributed by atoms with E-state index in [4.69, 9.17) is 0 Å². The van der Waals surface area contributed by atoms with Crippen LogP contribution < -0.4 is 5.43 Å². The van der Waals surface area contributed by atoms with Crippen LogP contribution in [0, 0.1) is 0 Å². The first-order valence-electron chi connectivity index (χ1n) is 4.72. The Morgan fingerprint density at radius 3 is 2.62 bits per heavy atom. The maximum absolute atomic E-state index is 11.2. The van der Waals surface area contributed by atoms with Crippen LogP contribution in [0.4, 0.5) is 0 Å². The summed E-state index contributed by atoms with van der Waals surface area (Å²) < 4.78 is 0. The molecule has 0 aromatic rings. The van der Waals surface area contributed by atoms with E-state index >= 15 is 0 Å². The fourth-order valence-corrected chi connectivity index (χ4v) is 1.24. The molecule has 0 saturated heterocycles. The number of carbonyl (C=O) groups excluding carboxylic acids is 1. The average molecular weight is 180 g/mol. The summed E-state index contributed by atoms with van der Waals surface area (Å²) in [6.45, 7) is 3.63. The van der Waals surface area contributed by atoms with Gasteiger partial charge >= 0.3 is 0 Å². The molecule has 3 nitrogen and oxygen atoms in total. The first-order chi connectivity index (χ1) is 6.24. The third-order valence-electron chi connectivity index (χ3n) is 2.29. The molecule has 1 fully saturated rings. The molecule has 0 atom stereocenters. The van der Waals surface area contributed by atoms with Crippen molar-refractivity contribution < 1.29 is 4.79 Å². The van der Waals surface area contributed by atoms with Crippen LogP contribution in [0.25, 0.3) is 0 Å². The molecule has 1 saturated carbocycles. The van der Waals surface area contributed by atoms with E-state index in [-0.39, 0.29) is 5.91 Å². The Hall–Kier alpha value is -1.12. The first kappa shape index (κ1) is 9.96. The topological polar surface area (TPSA) is 41.5 Å². The minimum Gasteiger partial charge on any atom is -0.268 e. The SMILES string of the molecule is C/C=C(\C)C(=O)NN=C1CCCC1. The van der Waals surface area contributed by atoms with Crippen molar-refractivity contribution in [1.82, 2.24) is 5.43 Å². The largest absolute Gasteiger partial charge is 0.268 e. The number of nitrogens with zero attached hydrogens (tertiary/aromatic N) is 1. The maximum Gasteiger partial charge on any atom is 0.266 e. The van der Waals surface area contributed by atoms with Gasteiger partial charge in [0.25, 0.3) is 5.91 Å². The van der Waals surface area contributed by atoms with Gasteiger partial charge in [-0.15, -0.1) is 0 Å². The van der Waals surface area contributed by atoms with Crippen molar-refractivity contribution in [1.29, 1.82) is 0 Å². The Labute approximate surface area is 78.9 Å². The average Bonchev–Trinajstić information content (AvgIpc) is 2.65. The molecule has 1 aliphatic rings. The molecule has 1 N–H and O–H groups in total. The van der Waals surface area contributed by atoms with E-state index in [0.29, 0.717) is 5.57 Å². The lowest BCUT2D eigenvalue weighted by Crippen LogP contribution is -2.19. The predicted octanol–water partition coefficient (Wildman–Crippen LogP) is 2.00. The van der Waals surface area contributed by atoms with Crippen LogP contribution in [0.3, 0.4) is 0 Å². The third kappa shape index (κ3) is 3.01. The Morgan fingerprint density at radius 1 is 1.46 bits per heavy atom. The fraction of sp³-hybridized carbons (Fsp3) is 0.600. The zero-order valence-electron chi connectivity index (χ0n) is 8.26. The molecular weight excluding hydrogens is 164 g/mol. The van der Waals surface area contributed by atoms with Gasteiger partial charge < -0.3 is 0 Å². The third-order valence-corrected chi connectivity index (χ3v) is 2.29. The van der Waals surface area contributed by atoms with E-state index in [0.717, 1.165) is 18.6 Å². The normalized spacial score (nSPS) is 17.4. The molecule has 0 aromatic carbocycles. The second-order valence-corrected chi connectivity index (χ2v) is 3.30. The van der Waals surface area contributed by atoms with Crippen molar-refractivity contribution in [2.24, 2.45) is 5.10 Å². The lowest BCUT2D eigenvalue weighted by atomic mass is 10.3. The van der Waals surface area contributed by atoms with Crippen LogP contribution in [-0.4, -0.2) is 11.6 Å². The van der Waals surface area contributed by atoms with Crippen LogP contribution in [0.15, 0.2) is 16.8 Å². The minimum atomic E-state index is -0.0955. The van der Waals surface area contributed by atoms with Crippen LogP contribution in [0.1, 0.15) is 39.5 Å². The maximum atomic E-state index is 11.2. The highest BCUT2D eigenvalue weighted by atomic mass is 16.2. The van der Waals surface area contributed by atoms with Crippen LogP contribution in [0.5, 0.6) is 0 Å². The second-order valence-electron chi connectivity index (χ2n) is 3.30. The summed E-state index contributed by atoms with van der Waals surface area (Å²) in [6, 6.07) is 0. The van der Waals surface area contributed by atoms with Gasteiger partial charge in [0.15, 0.2) is 0 Å². The van der Waals surface area contributed by atoms with Crippen molar-refractivity contribution in [2.45, 2.75) is 39.5 Å². The molecular formula is C10H16N2O. The molecule has 0 bridgehead atoms. The van der Waals surface area contributed by atoms with Crippen molar-refractivity contribution in [2.75, 3.05) is 0 Å². The number of allylic oxidation sites excluding steroid dienone is 1. The van der Waals surface area contributed by atoms with E-state index in [2.05, 4.69) is 10.5 Å². The van der Waals surface area contributed by atoms with Gasteiger partial charge in [-0.3, -0.25) is 4.79 Å². The number of amides is 1. The summed E-state index contributed by atoms with van der Waals surface area (Å²) >= 11 is 0. The minimum absolute atomic E-state index is 0.0955. The summed E-state index contributed by atoms with van der Waals surface area (Å²) in [6.07, 6.45) is 6.27. The summed E-state index contributed by atoms with van der Waals surface area (Å²) in [4.78, 5) is 11.2. The second kappa shape index (κ2) is 4.80. The van der Waals surface area contributed by atoms with Crippen molar-refractivity contribution in [3.05, 3.63) is 11.6 Å². The molecule has 0 spiro atoms. The standard InChI is InChI=1S/C10H16N2O/c1-3-8(2)10(13)12-11-9-6-4-5-7-9/h3H,4-7H2,1-2H3,(H,12,13)/b8-3+. The lowest BCUT2D eigenvalue weighted by molar-refractivity contribution is -0.117. The summed E-state index contributed by atoms with van der Waals surface area (Å²) in [5, 5.41) is 4.07. The molecule has 0 aromatic heterocycles. The van der Waals surface area contributed by atoms with E-state index in [9.17, 15) is 4.79 Å². The highest BCUT2D eigenvalue weighted by Crippen LogP contribution is 2.13. The molecule has 13 heavy (non-hydrogen) atoms. The van der Waals surface area contributed by atoms with Gasteiger partial charge in [-0.1, -0.05) is 6.08 Å². The fourth-order valence-electron chi connectivity index (χ4n) is 1.24. The first-order valence-corrected chi connectivity index (χ1v) is 4.72. The zero-order valence-corrected chi connectivity index (χ0v) is 8.26. The van der Waals surface area contributed by atoms with E-state index in [1.807, 2.05) is 6.92 Å². The van der Waals surface area contributed by atoms with E-state index in [1.54, 1.807) is 13.0 Å². The lowest BCUT2D eigenvalue weighted by Gasteiger charge is -1.99. The van der Waals surface area contributed by atoms with Gasteiger partial charge in [-0.05, 0) is 39.5 Å². The summed E-state index contributed by atoms with van der Waals surface area (Å²) in [7, 11) is 0. The number of hydrogen-bond donors (Lipinski definition) is 1. The van der Waals surface area contributed by atoms with Crippen molar-refractivity contribution in [3.63, 3.8) is 0 Å². The summed E-state index contributed by atoms with van der Waals surface area (Å²) in [5.41, 5.74) is 4.39. The van der Waals surface area contributed by atoms with E-state index < -0.39 is 0 Å². The van der Waals surface area contributed by atoms with Gasteiger partial charge in [0.2, 0.25) is 0 Å². The highest BCUT2D eigenvalue weighted by molar-refractivity contribution is 5.94. The Balaban J connectivity index is 2.41. The Bertz CT molecular complexity index is 246. The molecule has 0 radical (unpaired) electrons. The van der Waals surface area contributed by atoms with Crippen molar-refractivity contribution >= 4 is 11.6 Å². The van der Waals surface area contributed by atoms with Gasteiger partial charge in [-0.25, -0.2) is 5.43 Å². The monoisotopic (exact) mass is 180 g/mol. The molecule has 1 amide bonds. The number of hydrogen-bond acceptors (Lipinski definition) is 2. The van der Waals surface area contributed by atoms with Gasteiger partial charge in [0.1, 0.15) is 0 Å². The zero-order chi connectivity index (χ0) is 9.68. The van der Waals surface area contributed by atoms with Crippen LogP contribution >= 0.6 is 0 Å². The molecule has 0 unspecified atom stereocenters. The number of rotatable bonds is 2. The molecule has 1 rings (SSSR count). The number of hydrazone groups is 1. The molecule has 1 aliphatic carbocycles. The Kier molecular flexibility index (Phi) is 3.68. The van der Waals surface area contributed by atoms with Gasteiger partial charge in [0, 0.05) is 11.3 Å². The van der Waals surface area contributed by atoms with Crippen LogP contribution in [-0.2, 0) is 4.79 Å². The quantitative estimate of drug-likeness (QED) is 0.512. The van der Waals surface area contributed by atoms with Gasteiger partial charge in [0.05, 0.1) is 0 Å². The molecule has 0 heterocycles.